The van der Waals surface area contributed by atoms with Crippen molar-refractivity contribution in [3.63, 3.8) is 0 Å². The second-order valence-corrected chi connectivity index (χ2v) is 7.51. The number of nitrogens with two attached hydrogens (primary N) is 2. The number of carbonyl (C=O) groups is 2. The molecule has 3 rings (SSSR count). The largest absolute Gasteiger partial charge is 0.457 e. The summed E-state index contributed by atoms with van der Waals surface area (Å²) >= 11 is 0. The zero-order chi connectivity index (χ0) is 23.8. The van der Waals surface area contributed by atoms with Gasteiger partial charge in [-0.3, -0.25) is 4.90 Å². The van der Waals surface area contributed by atoms with Gasteiger partial charge in [0.15, 0.2) is 0 Å². The summed E-state index contributed by atoms with van der Waals surface area (Å²) in [5, 5.41) is 9.29. The molecule has 0 radical (unpaired) electrons. The lowest BCUT2D eigenvalue weighted by atomic mass is 9.99. The molecule has 0 aromatic heterocycles. The van der Waals surface area contributed by atoms with Crippen LogP contribution in [0.3, 0.4) is 0 Å². The monoisotopic (exact) mass is 442 g/mol. The third kappa shape index (κ3) is 5.49. The Labute approximate surface area is 193 Å². The second-order valence-electron chi connectivity index (χ2n) is 7.51. The number of benzene rings is 3. The van der Waals surface area contributed by atoms with E-state index in [4.69, 9.17) is 16.2 Å². The molecule has 0 heterocycles. The highest BCUT2D eigenvalue weighted by atomic mass is 16.5. The molecule has 0 saturated heterocycles. The van der Waals surface area contributed by atoms with Crippen LogP contribution in [0, 0.1) is 11.3 Å². The predicted octanol–water partition coefficient (Wildman–Crippen LogP) is 4.85. The number of unbranched alkanes of at least 4 members (excludes halogenated alkanes) is 1. The number of amides is 2. The molecular formula is C26H26N4O3. The van der Waals surface area contributed by atoms with Crippen LogP contribution in [0.5, 0.6) is 0 Å². The lowest BCUT2D eigenvalue weighted by Gasteiger charge is -2.23. The summed E-state index contributed by atoms with van der Waals surface area (Å²) < 4.78 is 5.46. The van der Waals surface area contributed by atoms with Gasteiger partial charge in [0.2, 0.25) is 0 Å². The Bertz CT molecular complexity index is 1180. The standard InChI is InChI=1S/C26H26N4O3/c1-2-3-15-30(26(29)32)23-10-6-9-22(24(23)28)25(31)33-17-18-11-13-19(14-12-18)21-8-5-4-7-20(21)16-27/h4-14H,2-3,15,17,28H2,1H3,(H2,29,32). The van der Waals surface area contributed by atoms with Gasteiger partial charge in [0.05, 0.1) is 28.6 Å². The highest BCUT2D eigenvalue weighted by Crippen LogP contribution is 2.28. The molecule has 0 aliphatic heterocycles. The van der Waals surface area contributed by atoms with Crippen LogP contribution < -0.4 is 16.4 Å². The first-order valence-corrected chi connectivity index (χ1v) is 10.7. The number of nitriles is 1. The number of nitrogens with zero attached hydrogens (tertiary/aromatic N) is 2. The smallest absolute Gasteiger partial charge is 0.340 e. The summed E-state index contributed by atoms with van der Waals surface area (Å²) in [5.74, 6) is -0.590. The zero-order valence-corrected chi connectivity index (χ0v) is 18.5. The second kappa shape index (κ2) is 10.8. The molecule has 7 heteroatoms. The Kier molecular flexibility index (Phi) is 7.66. The van der Waals surface area contributed by atoms with Crippen molar-refractivity contribution in [1.82, 2.24) is 0 Å². The number of hydrogen-bond acceptors (Lipinski definition) is 5. The van der Waals surface area contributed by atoms with Gasteiger partial charge < -0.3 is 16.2 Å². The first-order valence-electron chi connectivity index (χ1n) is 10.7. The Morgan fingerprint density at radius 2 is 1.76 bits per heavy atom. The van der Waals surface area contributed by atoms with Gasteiger partial charge in [-0.1, -0.05) is 61.9 Å². The summed E-state index contributed by atoms with van der Waals surface area (Å²) in [6.07, 6.45) is 1.64. The third-order valence-electron chi connectivity index (χ3n) is 5.28. The van der Waals surface area contributed by atoms with Crippen molar-refractivity contribution in [2.45, 2.75) is 26.4 Å². The van der Waals surface area contributed by atoms with Crippen LogP contribution in [0.2, 0.25) is 0 Å². The predicted molar refractivity (Wildman–Crippen MR) is 128 cm³/mol. The first-order chi connectivity index (χ1) is 16.0. The number of urea groups is 1. The number of primary amides is 1. The van der Waals surface area contributed by atoms with Crippen molar-refractivity contribution in [1.29, 1.82) is 5.26 Å². The van der Waals surface area contributed by atoms with Crippen molar-refractivity contribution in [2.75, 3.05) is 17.2 Å². The van der Waals surface area contributed by atoms with E-state index in [1.807, 2.05) is 49.4 Å². The number of para-hydroxylation sites is 1. The fourth-order valence-electron chi connectivity index (χ4n) is 3.47. The summed E-state index contributed by atoms with van der Waals surface area (Å²) in [7, 11) is 0. The Balaban J connectivity index is 1.72. The average molecular weight is 443 g/mol. The molecule has 4 N–H and O–H groups in total. The average Bonchev–Trinajstić information content (AvgIpc) is 2.83. The fourth-order valence-corrected chi connectivity index (χ4v) is 3.47. The number of anilines is 2. The molecule has 0 bridgehead atoms. The lowest BCUT2D eigenvalue weighted by molar-refractivity contribution is 0.0474. The van der Waals surface area contributed by atoms with E-state index in [0.717, 1.165) is 29.5 Å². The van der Waals surface area contributed by atoms with Gasteiger partial charge in [0, 0.05) is 6.54 Å². The number of esters is 1. The maximum absolute atomic E-state index is 12.7. The molecule has 3 aromatic rings. The van der Waals surface area contributed by atoms with E-state index in [0.29, 0.717) is 17.8 Å². The summed E-state index contributed by atoms with van der Waals surface area (Å²) in [4.78, 5) is 25.9. The van der Waals surface area contributed by atoms with E-state index < -0.39 is 12.0 Å². The van der Waals surface area contributed by atoms with Gasteiger partial charge in [0.1, 0.15) is 6.61 Å². The minimum atomic E-state index is -0.626. The Morgan fingerprint density at radius 3 is 2.42 bits per heavy atom. The number of nitrogen functional groups attached to an aromatic ring is 1. The van der Waals surface area contributed by atoms with Crippen molar-refractivity contribution in [3.05, 3.63) is 83.4 Å². The van der Waals surface area contributed by atoms with Crippen LogP contribution in [-0.4, -0.2) is 18.5 Å². The topological polar surface area (TPSA) is 122 Å². The van der Waals surface area contributed by atoms with Gasteiger partial charge in [-0.2, -0.15) is 5.26 Å². The van der Waals surface area contributed by atoms with Crippen LogP contribution >= 0.6 is 0 Å². The summed E-state index contributed by atoms with van der Waals surface area (Å²) in [6.45, 7) is 2.47. The highest BCUT2D eigenvalue weighted by Gasteiger charge is 2.20. The van der Waals surface area contributed by atoms with Crippen LogP contribution in [0.15, 0.2) is 66.7 Å². The number of ether oxygens (including phenoxy) is 1. The molecule has 0 saturated carbocycles. The van der Waals surface area contributed by atoms with Crippen LogP contribution in [0.4, 0.5) is 16.2 Å². The van der Waals surface area contributed by atoms with Crippen LogP contribution in [0.1, 0.15) is 41.3 Å². The quantitative estimate of drug-likeness (QED) is 0.381. The Morgan fingerprint density at radius 1 is 1.03 bits per heavy atom. The molecule has 7 nitrogen and oxygen atoms in total. The number of hydrogen-bond donors (Lipinski definition) is 2. The molecule has 0 aliphatic rings. The van der Waals surface area contributed by atoms with Crippen molar-refractivity contribution in [3.8, 4) is 17.2 Å². The van der Waals surface area contributed by atoms with Crippen LogP contribution in [0.25, 0.3) is 11.1 Å². The molecular weight excluding hydrogens is 416 g/mol. The first kappa shape index (κ1) is 23.4. The van der Waals surface area contributed by atoms with E-state index >= 15 is 0 Å². The third-order valence-corrected chi connectivity index (χ3v) is 5.28. The van der Waals surface area contributed by atoms with Gasteiger partial charge in [0.25, 0.3) is 0 Å². The SMILES string of the molecule is CCCCN(C(N)=O)c1cccc(C(=O)OCc2ccc(-c3ccccc3C#N)cc2)c1N. The fraction of sp³-hybridized carbons (Fsp3) is 0.192. The van der Waals surface area contributed by atoms with Gasteiger partial charge in [-0.05, 0) is 41.3 Å². The van der Waals surface area contributed by atoms with E-state index in [-0.39, 0.29) is 17.9 Å². The van der Waals surface area contributed by atoms with E-state index in [2.05, 4.69) is 6.07 Å². The molecule has 3 aromatic carbocycles. The van der Waals surface area contributed by atoms with Crippen molar-refractivity contribution >= 4 is 23.4 Å². The minimum absolute atomic E-state index is 0.0536. The van der Waals surface area contributed by atoms with E-state index in [1.54, 1.807) is 24.3 Å². The summed E-state index contributed by atoms with van der Waals surface area (Å²) in [5.41, 5.74) is 15.6. The van der Waals surface area contributed by atoms with E-state index in [1.165, 1.54) is 4.90 Å². The molecule has 2 amide bonds. The molecule has 0 fully saturated rings. The molecule has 33 heavy (non-hydrogen) atoms. The van der Waals surface area contributed by atoms with E-state index in [9.17, 15) is 14.9 Å². The van der Waals surface area contributed by atoms with Gasteiger partial charge in [-0.25, -0.2) is 9.59 Å². The van der Waals surface area contributed by atoms with Gasteiger partial charge >= 0.3 is 12.0 Å². The molecule has 0 unspecified atom stereocenters. The maximum Gasteiger partial charge on any atom is 0.340 e. The highest BCUT2D eigenvalue weighted by molar-refractivity contribution is 6.02. The Hall–Kier alpha value is -4.31. The molecule has 168 valence electrons. The molecule has 0 aliphatic carbocycles. The number of rotatable bonds is 8. The normalized spacial score (nSPS) is 10.3. The molecule has 0 atom stereocenters. The van der Waals surface area contributed by atoms with Gasteiger partial charge in [-0.15, -0.1) is 0 Å². The summed E-state index contributed by atoms with van der Waals surface area (Å²) in [6, 6.07) is 21.2. The number of carbonyl (C=O) groups excluding carboxylic acids is 2. The lowest BCUT2D eigenvalue weighted by Crippen LogP contribution is -2.37. The maximum atomic E-state index is 12.7. The molecule has 0 spiro atoms. The van der Waals surface area contributed by atoms with Crippen LogP contribution in [-0.2, 0) is 11.3 Å². The minimum Gasteiger partial charge on any atom is -0.457 e. The zero-order valence-electron chi connectivity index (χ0n) is 18.5. The van der Waals surface area contributed by atoms with Crippen molar-refractivity contribution < 1.29 is 14.3 Å². The van der Waals surface area contributed by atoms with Crippen molar-refractivity contribution in [2.24, 2.45) is 5.73 Å².